The van der Waals surface area contributed by atoms with Gasteiger partial charge in [0.2, 0.25) is 0 Å². The summed E-state index contributed by atoms with van der Waals surface area (Å²) in [6, 6.07) is 32.3. The summed E-state index contributed by atoms with van der Waals surface area (Å²) in [4.78, 5) is 78.0. The van der Waals surface area contributed by atoms with Crippen LogP contribution < -0.4 is 0 Å². The van der Waals surface area contributed by atoms with Crippen LogP contribution in [0.3, 0.4) is 0 Å². The van der Waals surface area contributed by atoms with Crippen LogP contribution in [-0.2, 0) is 68.4 Å². The predicted octanol–water partition coefficient (Wildman–Crippen LogP) is 4.13. The maximum atomic E-state index is 13.8. The second-order valence-corrected chi connectivity index (χ2v) is 14.4. The Hall–Kier alpha value is -6.50. The van der Waals surface area contributed by atoms with Gasteiger partial charge in [0.1, 0.15) is 24.9 Å². The lowest BCUT2D eigenvalue weighted by Crippen LogP contribution is -2.64. The Labute approximate surface area is 362 Å². The number of rotatable bonds is 16. The van der Waals surface area contributed by atoms with Gasteiger partial charge in [0, 0.05) is 20.8 Å². The van der Waals surface area contributed by atoms with Gasteiger partial charge in [-0.1, -0.05) is 84.9 Å². The fourth-order valence-corrected chi connectivity index (χ4v) is 6.87. The number of carbonyl (C=O) groups is 6. The standard InChI is InChI=1S/C46H46O17/c1-27(47)54-25-35-36(57-28(2)48)39(58-29(3)49)41(55-24-30-16-8-4-9-17-30)46(60-35)56-26-34-37(61-42(50)31-18-10-5-11-19-31)38(62-43(51)32-20-12-6-13-21-32)40(45(53)59-34)63-44(52)33-22-14-7-15-23-33/h4-23,34-41,45-46,53H,24-26H2,1-3H3. The van der Waals surface area contributed by atoms with Crippen LogP contribution in [0.2, 0.25) is 0 Å². The number of hydrogen-bond donors (Lipinski definition) is 1. The van der Waals surface area contributed by atoms with Gasteiger partial charge < -0.3 is 52.5 Å². The zero-order valence-electron chi connectivity index (χ0n) is 34.4. The second kappa shape index (κ2) is 22.0. The fourth-order valence-electron chi connectivity index (χ4n) is 6.87. The van der Waals surface area contributed by atoms with E-state index in [1.165, 1.54) is 36.4 Å². The molecule has 0 saturated carbocycles. The predicted molar refractivity (Wildman–Crippen MR) is 215 cm³/mol. The Balaban J connectivity index is 1.37. The van der Waals surface area contributed by atoms with Crippen molar-refractivity contribution in [2.75, 3.05) is 13.2 Å². The lowest BCUT2D eigenvalue weighted by molar-refractivity contribution is -0.332. The first kappa shape index (κ1) is 46.0. The van der Waals surface area contributed by atoms with Crippen LogP contribution >= 0.6 is 0 Å². The highest BCUT2D eigenvalue weighted by molar-refractivity contribution is 5.91. The van der Waals surface area contributed by atoms with E-state index in [1.54, 1.807) is 84.9 Å². The molecule has 0 radical (unpaired) electrons. The largest absolute Gasteiger partial charge is 0.463 e. The summed E-state index contributed by atoms with van der Waals surface area (Å²) < 4.78 is 59.1. The van der Waals surface area contributed by atoms with Crippen LogP contribution in [0.1, 0.15) is 57.4 Å². The van der Waals surface area contributed by atoms with Crippen LogP contribution in [0.5, 0.6) is 0 Å². The summed E-state index contributed by atoms with van der Waals surface area (Å²) in [5, 5.41) is 11.6. The molecular weight excluding hydrogens is 824 g/mol. The second-order valence-electron chi connectivity index (χ2n) is 14.4. The van der Waals surface area contributed by atoms with Crippen molar-refractivity contribution in [2.45, 2.75) is 88.8 Å². The molecule has 2 fully saturated rings. The van der Waals surface area contributed by atoms with E-state index in [9.17, 15) is 33.9 Å². The summed E-state index contributed by atoms with van der Waals surface area (Å²) in [6.07, 6.45) is -15.7. The van der Waals surface area contributed by atoms with Crippen molar-refractivity contribution in [1.29, 1.82) is 0 Å². The Bertz CT molecular complexity index is 2150. The minimum absolute atomic E-state index is 0.0826. The van der Waals surface area contributed by atoms with E-state index in [2.05, 4.69) is 0 Å². The number of aliphatic hydroxyl groups excluding tert-OH is 1. The molecule has 0 aromatic heterocycles. The van der Waals surface area contributed by atoms with Crippen LogP contribution in [0.4, 0.5) is 0 Å². The van der Waals surface area contributed by atoms with Crippen molar-refractivity contribution < 1.29 is 81.2 Å². The topological polar surface area (TPSA) is 215 Å². The number of aliphatic hydroxyl groups is 1. The van der Waals surface area contributed by atoms with Gasteiger partial charge in [-0.2, -0.15) is 0 Å². The number of ether oxygens (including phenoxy) is 10. The SMILES string of the molecule is CC(=O)OCC1OC(OCC2OC(O)C(OC(=O)c3ccccc3)C(OC(=O)c3ccccc3)C2OC(=O)c2ccccc2)C(OCc2ccccc2)C(OC(C)=O)C1OC(C)=O. The molecule has 332 valence electrons. The Morgan fingerprint density at radius 1 is 0.460 bits per heavy atom. The molecule has 17 heteroatoms. The summed E-state index contributed by atoms with van der Waals surface area (Å²) in [5.41, 5.74) is 0.956. The van der Waals surface area contributed by atoms with Gasteiger partial charge in [0.25, 0.3) is 0 Å². The summed E-state index contributed by atoms with van der Waals surface area (Å²) >= 11 is 0. The molecule has 0 spiro atoms. The Morgan fingerprint density at radius 3 is 1.37 bits per heavy atom. The highest BCUT2D eigenvalue weighted by atomic mass is 16.7. The van der Waals surface area contributed by atoms with E-state index in [0.29, 0.717) is 5.56 Å². The third kappa shape index (κ3) is 12.6. The molecule has 10 atom stereocenters. The molecule has 6 rings (SSSR count). The van der Waals surface area contributed by atoms with Gasteiger partial charge in [0.15, 0.2) is 43.1 Å². The van der Waals surface area contributed by atoms with Gasteiger partial charge in [-0.3, -0.25) is 14.4 Å². The van der Waals surface area contributed by atoms with Gasteiger partial charge in [0.05, 0.1) is 29.9 Å². The maximum absolute atomic E-state index is 13.8. The van der Waals surface area contributed by atoms with E-state index in [-0.39, 0.29) is 23.3 Å². The molecule has 0 bridgehead atoms. The third-order valence-corrected chi connectivity index (χ3v) is 9.72. The van der Waals surface area contributed by atoms with Crippen molar-refractivity contribution >= 4 is 35.8 Å². The van der Waals surface area contributed by atoms with Crippen molar-refractivity contribution in [1.82, 2.24) is 0 Å². The first-order valence-electron chi connectivity index (χ1n) is 19.9. The van der Waals surface area contributed by atoms with Crippen LogP contribution in [0.25, 0.3) is 0 Å². The summed E-state index contributed by atoms with van der Waals surface area (Å²) in [6.45, 7) is 2.20. The zero-order chi connectivity index (χ0) is 44.9. The van der Waals surface area contributed by atoms with Gasteiger partial charge in [-0.15, -0.1) is 0 Å². The quantitative estimate of drug-likeness (QED) is 0.124. The van der Waals surface area contributed by atoms with Gasteiger partial charge in [-0.05, 0) is 42.0 Å². The summed E-state index contributed by atoms with van der Waals surface area (Å²) in [7, 11) is 0. The Morgan fingerprint density at radius 2 is 0.873 bits per heavy atom. The molecule has 4 aromatic carbocycles. The first-order valence-corrected chi connectivity index (χ1v) is 19.9. The zero-order valence-corrected chi connectivity index (χ0v) is 34.4. The van der Waals surface area contributed by atoms with Gasteiger partial charge >= 0.3 is 35.8 Å². The number of hydrogen-bond acceptors (Lipinski definition) is 17. The molecule has 2 aliphatic heterocycles. The molecule has 0 amide bonds. The number of esters is 6. The van der Waals surface area contributed by atoms with Gasteiger partial charge in [-0.25, -0.2) is 14.4 Å². The van der Waals surface area contributed by atoms with E-state index in [1.807, 2.05) is 0 Å². The van der Waals surface area contributed by atoms with Crippen LogP contribution in [0.15, 0.2) is 121 Å². The monoisotopic (exact) mass is 870 g/mol. The molecule has 0 aliphatic carbocycles. The highest BCUT2D eigenvalue weighted by Gasteiger charge is 2.55. The first-order chi connectivity index (χ1) is 30.4. The number of benzene rings is 4. The molecule has 17 nitrogen and oxygen atoms in total. The van der Waals surface area contributed by atoms with E-state index < -0.39 is 110 Å². The normalized spacial score (nSPS) is 25.4. The Kier molecular flexibility index (Phi) is 16.1. The van der Waals surface area contributed by atoms with E-state index >= 15 is 0 Å². The van der Waals surface area contributed by atoms with Crippen molar-refractivity contribution in [3.63, 3.8) is 0 Å². The average molecular weight is 871 g/mol. The maximum Gasteiger partial charge on any atom is 0.338 e. The lowest BCUT2D eigenvalue weighted by Gasteiger charge is -2.46. The molecule has 2 saturated heterocycles. The van der Waals surface area contributed by atoms with Crippen molar-refractivity contribution in [3.05, 3.63) is 144 Å². The molecule has 1 N–H and O–H groups in total. The van der Waals surface area contributed by atoms with Crippen molar-refractivity contribution in [2.24, 2.45) is 0 Å². The molecule has 63 heavy (non-hydrogen) atoms. The molecule has 4 aromatic rings. The molecule has 2 aliphatic rings. The minimum atomic E-state index is -2.01. The molecular formula is C46H46O17. The van der Waals surface area contributed by atoms with E-state index in [0.717, 1.165) is 20.8 Å². The molecule has 2 heterocycles. The smallest absolute Gasteiger partial charge is 0.338 e. The molecule has 10 unspecified atom stereocenters. The average Bonchev–Trinajstić information content (AvgIpc) is 3.28. The van der Waals surface area contributed by atoms with Crippen molar-refractivity contribution in [3.8, 4) is 0 Å². The third-order valence-electron chi connectivity index (χ3n) is 9.72. The van der Waals surface area contributed by atoms with Crippen LogP contribution in [-0.4, -0.2) is 116 Å². The van der Waals surface area contributed by atoms with Crippen LogP contribution in [0, 0.1) is 0 Å². The highest BCUT2D eigenvalue weighted by Crippen LogP contribution is 2.34. The number of carbonyl (C=O) groups excluding carboxylic acids is 6. The minimum Gasteiger partial charge on any atom is -0.463 e. The lowest BCUT2D eigenvalue weighted by atomic mass is 9.97. The fraction of sp³-hybridized carbons (Fsp3) is 0.348. The summed E-state index contributed by atoms with van der Waals surface area (Å²) in [5.74, 6) is -5.01. The van der Waals surface area contributed by atoms with E-state index in [4.69, 9.17) is 47.4 Å².